The number of carboxylic acids is 1. The van der Waals surface area contributed by atoms with Gasteiger partial charge in [-0.15, -0.1) is 0 Å². The third-order valence-electron chi connectivity index (χ3n) is 14.9. The first-order valence-electron chi connectivity index (χ1n) is 26.6. The molecule has 4 aliphatic rings. The van der Waals surface area contributed by atoms with Gasteiger partial charge < -0.3 is 58.0 Å². The standard InChI is InChI=1S/C63H64N2O15/c1-73-51-28-22-37(30-53(51)74-2)21-27-50(80-63(72)48-20-11-12-29-65(48)61(69)57(38-14-7-6-8-15-38)40-32-54(75-3)60(77-5)55(33-40)76-4)39-16-13-17-42(31-39)78-36-56(68)64-35-47-49(67)26-25-46-58(43-18-9-10-19-44(43)62(70)71)45-24-23-41(66)34-52(45)79-59(46)47/h7,9-10,13-14,16-19,22-26,28,30-34,38,48,50,57,67H,6,8,11-12,15,20-21,27,29,35-36H2,1-5H3,(H,64,68)(H,70,71)/t38?,48?,50-,57?/m1/s1. The van der Waals surface area contributed by atoms with Gasteiger partial charge in [0, 0.05) is 29.1 Å². The monoisotopic (exact) mass is 1090 g/mol. The highest BCUT2D eigenvalue weighted by molar-refractivity contribution is 6.08. The van der Waals surface area contributed by atoms with E-state index in [0.29, 0.717) is 106 Å². The van der Waals surface area contributed by atoms with Gasteiger partial charge in [0.25, 0.3) is 5.91 Å². The van der Waals surface area contributed by atoms with Crippen molar-refractivity contribution in [2.75, 3.05) is 48.7 Å². The molecule has 4 atom stereocenters. The van der Waals surface area contributed by atoms with Crippen LogP contribution in [0.15, 0.2) is 131 Å². The van der Waals surface area contributed by atoms with Crippen molar-refractivity contribution in [1.82, 2.24) is 10.2 Å². The zero-order valence-corrected chi connectivity index (χ0v) is 45.3. The number of carbonyl (C=O) groups excluding carboxylic acids is 3. The number of esters is 1. The third kappa shape index (κ3) is 12.0. The first-order valence-corrected chi connectivity index (χ1v) is 26.6. The number of likely N-dealkylation sites (tertiary alicyclic amines) is 1. The minimum Gasteiger partial charge on any atom is -0.507 e. The van der Waals surface area contributed by atoms with Crippen LogP contribution in [0, 0.1) is 5.92 Å². The van der Waals surface area contributed by atoms with E-state index in [0.717, 1.165) is 24.8 Å². The van der Waals surface area contributed by atoms with E-state index in [-0.39, 0.29) is 52.0 Å². The Balaban J connectivity index is 0.965. The number of hydrogen-bond donors (Lipinski definition) is 3. The average molecular weight is 1090 g/mol. The van der Waals surface area contributed by atoms with Crippen molar-refractivity contribution in [2.45, 2.75) is 76.0 Å². The van der Waals surface area contributed by atoms with Gasteiger partial charge in [0.1, 0.15) is 35.0 Å². The molecule has 2 aliphatic heterocycles. The second-order valence-electron chi connectivity index (χ2n) is 19.7. The number of benzene rings is 6. The maximum atomic E-state index is 15.2. The molecule has 0 radical (unpaired) electrons. The van der Waals surface area contributed by atoms with Gasteiger partial charge in [0.2, 0.25) is 11.7 Å². The summed E-state index contributed by atoms with van der Waals surface area (Å²) in [5.74, 6) is -0.672. The first-order chi connectivity index (χ1) is 38.8. The van der Waals surface area contributed by atoms with E-state index in [1.165, 1.54) is 45.6 Å². The maximum absolute atomic E-state index is 15.2. The van der Waals surface area contributed by atoms with Crippen LogP contribution in [0.2, 0.25) is 0 Å². The summed E-state index contributed by atoms with van der Waals surface area (Å²) in [5, 5.41) is 24.6. The van der Waals surface area contributed by atoms with Crippen LogP contribution in [0.5, 0.6) is 40.2 Å². The summed E-state index contributed by atoms with van der Waals surface area (Å²) in [4.78, 5) is 70.4. The maximum Gasteiger partial charge on any atom is 0.336 e. The Hall–Kier alpha value is -8.99. The van der Waals surface area contributed by atoms with Gasteiger partial charge in [-0.1, -0.05) is 48.6 Å². The molecule has 3 N–H and O–H groups in total. The quantitative estimate of drug-likeness (QED) is 0.0346. The van der Waals surface area contributed by atoms with E-state index in [2.05, 4.69) is 17.5 Å². The summed E-state index contributed by atoms with van der Waals surface area (Å²) < 4.78 is 47.0. The number of carboxylic acid groups (broad SMARTS) is 1. The highest BCUT2D eigenvalue weighted by Crippen LogP contribution is 2.46. The molecule has 0 bridgehead atoms. The fourth-order valence-electron chi connectivity index (χ4n) is 11.0. The lowest BCUT2D eigenvalue weighted by Gasteiger charge is -2.39. The molecule has 9 rings (SSSR count). The lowest BCUT2D eigenvalue weighted by molar-refractivity contribution is -0.163. The van der Waals surface area contributed by atoms with Crippen LogP contribution in [0.4, 0.5) is 0 Å². The number of allylic oxidation sites excluding steroid dienone is 2. The highest BCUT2D eigenvalue weighted by atomic mass is 16.5. The smallest absolute Gasteiger partial charge is 0.336 e. The molecule has 2 aliphatic carbocycles. The van der Waals surface area contributed by atoms with E-state index < -0.39 is 42.5 Å². The van der Waals surface area contributed by atoms with Crippen molar-refractivity contribution in [3.63, 3.8) is 0 Å². The molecule has 5 aromatic carbocycles. The van der Waals surface area contributed by atoms with E-state index in [9.17, 15) is 29.4 Å². The van der Waals surface area contributed by atoms with Gasteiger partial charge in [-0.3, -0.25) is 14.4 Å². The second-order valence-corrected chi connectivity index (χ2v) is 19.7. The van der Waals surface area contributed by atoms with Crippen LogP contribution in [0.25, 0.3) is 33.4 Å². The fraction of sp³-hybridized carbons (Fsp3) is 0.317. The third-order valence-corrected chi connectivity index (χ3v) is 14.9. The predicted octanol–water partition coefficient (Wildman–Crippen LogP) is 10.4. The SMILES string of the molecule is COc1ccc(CC[C@@H](OC(=O)C2CCCCN2C(=O)C(c2cc(OC)c(OC)c(OC)c2)C2C=CCCC2)c2cccc(OCC(=O)NCc3c(O)ccc4c(-c5ccccc5C(=O)O)c5ccc(=O)cc-5oc34)c2)cc1OC. The van der Waals surface area contributed by atoms with Crippen molar-refractivity contribution < 1.29 is 67.0 Å². The number of rotatable bonds is 21. The van der Waals surface area contributed by atoms with Crippen LogP contribution >= 0.6 is 0 Å². The van der Waals surface area contributed by atoms with Crippen molar-refractivity contribution in [3.05, 3.63) is 159 Å². The average Bonchev–Trinajstić information content (AvgIpc) is 3.56. The number of nitrogens with zero attached hydrogens (tertiary/aromatic N) is 1. The van der Waals surface area contributed by atoms with Gasteiger partial charge in [0.15, 0.2) is 35.0 Å². The highest BCUT2D eigenvalue weighted by Gasteiger charge is 2.41. The number of fused-ring (bicyclic) bond motifs is 2. The summed E-state index contributed by atoms with van der Waals surface area (Å²) in [6.45, 7) is -0.328. The second kappa shape index (κ2) is 25.2. The Bertz CT molecular complexity index is 3450. The number of phenols is 1. The molecule has 2 heterocycles. The number of piperidine rings is 1. The van der Waals surface area contributed by atoms with Crippen LogP contribution in [0.3, 0.4) is 0 Å². The van der Waals surface area contributed by atoms with E-state index >= 15 is 4.79 Å². The summed E-state index contributed by atoms with van der Waals surface area (Å²) in [5.41, 5.74) is 3.49. The molecule has 5 aromatic rings. The number of aryl methyl sites for hydroxylation is 1. The summed E-state index contributed by atoms with van der Waals surface area (Å²) in [7, 11) is 7.72. The molecule has 80 heavy (non-hydrogen) atoms. The Kier molecular flexibility index (Phi) is 17.6. The van der Waals surface area contributed by atoms with E-state index in [1.807, 2.05) is 36.4 Å². The topological polar surface area (TPSA) is 219 Å². The van der Waals surface area contributed by atoms with Crippen molar-refractivity contribution >= 4 is 34.7 Å². The molecular weight excluding hydrogens is 1020 g/mol. The van der Waals surface area contributed by atoms with Gasteiger partial charge in [0.05, 0.1) is 59.1 Å². The molecule has 0 aromatic heterocycles. The molecule has 416 valence electrons. The summed E-state index contributed by atoms with van der Waals surface area (Å²) in [6, 6.07) is 29.0. The Morgan fingerprint density at radius 1 is 0.750 bits per heavy atom. The van der Waals surface area contributed by atoms with Gasteiger partial charge in [-0.05, 0) is 146 Å². The number of carbonyl (C=O) groups is 4. The number of methoxy groups -OCH3 is 5. The lowest BCUT2D eigenvalue weighted by atomic mass is 9.78. The first kappa shape index (κ1) is 55.8. The fourth-order valence-corrected chi connectivity index (χ4v) is 11.0. The van der Waals surface area contributed by atoms with E-state index in [1.54, 1.807) is 67.7 Å². The molecule has 3 unspecified atom stereocenters. The Labute approximate surface area is 462 Å². The molecule has 17 nitrogen and oxygen atoms in total. The minimum absolute atomic E-state index is 0.0210. The zero-order valence-electron chi connectivity index (χ0n) is 45.3. The molecule has 17 heteroatoms. The summed E-state index contributed by atoms with van der Waals surface area (Å²) >= 11 is 0. The number of hydrogen-bond acceptors (Lipinski definition) is 14. The summed E-state index contributed by atoms with van der Waals surface area (Å²) in [6.07, 6.45) is 8.53. The van der Waals surface area contributed by atoms with Crippen molar-refractivity contribution in [3.8, 4) is 62.7 Å². The van der Waals surface area contributed by atoms with Gasteiger partial charge in [-0.25, -0.2) is 9.59 Å². The van der Waals surface area contributed by atoms with Crippen LogP contribution in [-0.4, -0.2) is 93.6 Å². The molecule has 0 spiro atoms. The molecule has 1 fully saturated rings. The zero-order chi connectivity index (χ0) is 56.5. The number of nitrogens with one attached hydrogen (secondary N) is 1. The Morgan fingerprint density at radius 3 is 2.25 bits per heavy atom. The number of aromatic hydroxyl groups is 1. The van der Waals surface area contributed by atoms with Crippen LogP contribution < -0.4 is 39.2 Å². The normalized spacial score (nSPS) is 15.8. The predicted molar refractivity (Wildman–Crippen MR) is 298 cm³/mol. The number of phenolic OH excluding ortho intramolecular Hbond substituents is 1. The molecule has 0 saturated carbocycles. The minimum atomic E-state index is -1.16. The van der Waals surface area contributed by atoms with Crippen LogP contribution in [-0.2, 0) is 32.1 Å². The van der Waals surface area contributed by atoms with Gasteiger partial charge >= 0.3 is 11.9 Å². The van der Waals surface area contributed by atoms with Crippen molar-refractivity contribution in [1.29, 1.82) is 0 Å². The molecule has 1 saturated heterocycles. The van der Waals surface area contributed by atoms with Crippen molar-refractivity contribution in [2.24, 2.45) is 5.92 Å². The number of amides is 2. The number of aromatic carboxylic acids is 1. The van der Waals surface area contributed by atoms with Crippen LogP contribution in [0.1, 0.15) is 89.6 Å². The molecule has 2 amide bonds. The van der Waals surface area contributed by atoms with E-state index in [4.69, 9.17) is 37.6 Å². The lowest BCUT2D eigenvalue weighted by Crippen LogP contribution is -2.51. The largest absolute Gasteiger partial charge is 0.507 e. The van der Waals surface area contributed by atoms with Gasteiger partial charge in [-0.2, -0.15) is 0 Å². The molecular formula is C63H64N2O15. The Morgan fingerprint density at radius 2 is 1.52 bits per heavy atom. The number of ether oxygens (including phenoxy) is 7.